The molecule has 1 heterocycles. The Morgan fingerprint density at radius 3 is 2.93 bits per heavy atom. The fraction of sp³-hybridized carbons (Fsp3) is 0.444. The van der Waals surface area contributed by atoms with Gasteiger partial charge in [0.2, 0.25) is 0 Å². The molecule has 0 saturated heterocycles. The number of halogens is 1. The number of ether oxygens (including phenoxy) is 1. The summed E-state index contributed by atoms with van der Waals surface area (Å²) in [7, 11) is 1.36. The van der Waals surface area contributed by atoms with Crippen molar-refractivity contribution in [1.82, 2.24) is 9.97 Å². The molecule has 0 aliphatic heterocycles. The van der Waals surface area contributed by atoms with Gasteiger partial charge in [-0.05, 0) is 0 Å². The molecule has 0 unspecified atom stereocenters. The fourth-order valence-corrected chi connectivity index (χ4v) is 1.24. The lowest BCUT2D eigenvalue weighted by Gasteiger charge is -2.07. The highest BCUT2D eigenvalue weighted by molar-refractivity contribution is 6.29. The van der Waals surface area contributed by atoms with E-state index >= 15 is 0 Å². The number of carbonyl (C=O) groups is 1. The van der Waals surface area contributed by atoms with Gasteiger partial charge in [-0.1, -0.05) is 18.5 Å². The standard InChI is InChI=1S/C9H11ClN2O2/c1-6(9(13)14-2)3-7-4-11-5-8(10)12-7/h4-6H,3H2,1-2H3/t6-/m1/s1. The van der Waals surface area contributed by atoms with Crippen molar-refractivity contribution in [2.75, 3.05) is 7.11 Å². The second-order valence-electron chi connectivity index (χ2n) is 2.96. The zero-order chi connectivity index (χ0) is 10.6. The monoisotopic (exact) mass is 214 g/mol. The highest BCUT2D eigenvalue weighted by Gasteiger charge is 2.14. The number of hydrogen-bond donors (Lipinski definition) is 0. The highest BCUT2D eigenvalue weighted by Crippen LogP contribution is 2.09. The van der Waals surface area contributed by atoms with Crippen LogP contribution in [-0.4, -0.2) is 23.0 Å². The zero-order valence-corrected chi connectivity index (χ0v) is 8.78. The molecule has 1 aromatic heterocycles. The number of rotatable bonds is 3. The van der Waals surface area contributed by atoms with Crippen LogP contribution in [-0.2, 0) is 16.0 Å². The predicted octanol–water partition coefficient (Wildman–Crippen LogP) is 1.48. The van der Waals surface area contributed by atoms with Gasteiger partial charge in [-0.2, -0.15) is 0 Å². The molecular weight excluding hydrogens is 204 g/mol. The molecule has 14 heavy (non-hydrogen) atoms. The van der Waals surface area contributed by atoms with E-state index in [0.29, 0.717) is 17.3 Å². The molecule has 0 aliphatic carbocycles. The highest BCUT2D eigenvalue weighted by atomic mass is 35.5. The summed E-state index contributed by atoms with van der Waals surface area (Å²) in [5, 5.41) is 0.333. The van der Waals surface area contributed by atoms with E-state index in [2.05, 4.69) is 14.7 Å². The largest absolute Gasteiger partial charge is 0.469 e. The third-order valence-electron chi connectivity index (χ3n) is 1.77. The quantitative estimate of drug-likeness (QED) is 0.716. The summed E-state index contributed by atoms with van der Waals surface area (Å²) in [6.45, 7) is 1.77. The maximum absolute atomic E-state index is 11.1. The van der Waals surface area contributed by atoms with Crippen LogP contribution in [0, 0.1) is 5.92 Å². The Morgan fingerprint density at radius 2 is 2.36 bits per heavy atom. The second-order valence-corrected chi connectivity index (χ2v) is 3.35. The first-order chi connectivity index (χ1) is 6.63. The van der Waals surface area contributed by atoms with Gasteiger partial charge in [-0.3, -0.25) is 9.78 Å². The molecule has 5 heteroatoms. The smallest absolute Gasteiger partial charge is 0.308 e. The van der Waals surface area contributed by atoms with Crippen molar-refractivity contribution in [2.45, 2.75) is 13.3 Å². The van der Waals surface area contributed by atoms with Gasteiger partial charge < -0.3 is 4.74 Å². The summed E-state index contributed by atoms with van der Waals surface area (Å²) in [5.74, 6) is -0.487. The van der Waals surface area contributed by atoms with Crippen LogP contribution in [0.4, 0.5) is 0 Å². The second kappa shape index (κ2) is 4.91. The molecule has 0 fully saturated rings. The lowest BCUT2D eigenvalue weighted by Crippen LogP contribution is -2.15. The third-order valence-corrected chi connectivity index (χ3v) is 1.96. The van der Waals surface area contributed by atoms with Gasteiger partial charge in [0.05, 0.1) is 24.9 Å². The van der Waals surface area contributed by atoms with Gasteiger partial charge in [-0.25, -0.2) is 4.98 Å². The maximum Gasteiger partial charge on any atom is 0.308 e. The van der Waals surface area contributed by atoms with Crippen molar-refractivity contribution >= 4 is 17.6 Å². The zero-order valence-electron chi connectivity index (χ0n) is 8.03. The average molecular weight is 215 g/mol. The van der Waals surface area contributed by atoms with E-state index in [-0.39, 0.29) is 11.9 Å². The fourth-order valence-electron chi connectivity index (χ4n) is 1.08. The van der Waals surface area contributed by atoms with Crippen LogP contribution >= 0.6 is 11.6 Å². The molecule has 1 rings (SSSR count). The molecule has 0 amide bonds. The van der Waals surface area contributed by atoms with Crippen molar-refractivity contribution in [2.24, 2.45) is 5.92 Å². The van der Waals surface area contributed by atoms with E-state index in [0.717, 1.165) is 0 Å². The van der Waals surface area contributed by atoms with Gasteiger partial charge in [0.1, 0.15) is 5.15 Å². The topological polar surface area (TPSA) is 52.1 Å². The van der Waals surface area contributed by atoms with Crippen LogP contribution in [0.25, 0.3) is 0 Å². The van der Waals surface area contributed by atoms with Gasteiger partial charge in [0.15, 0.2) is 0 Å². The predicted molar refractivity (Wildman–Crippen MR) is 51.9 cm³/mol. The third kappa shape index (κ3) is 2.96. The van der Waals surface area contributed by atoms with Crippen molar-refractivity contribution in [1.29, 1.82) is 0 Å². The summed E-state index contributed by atoms with van der Waals surface area (Å²) in [4.78, 5) is 19.0. The number of aromatic nitrogens is 2. The first kappa shape index (κ1) is 10.9. The molecule has 0 spiro atoms. The Morgan fingerprint density at radius 1 is 1.64 bits per heavy atom. The van der Waals surface area contributed by atoms with Crippen LogP contribution in [0.2, 0.25) is 5.15 Å². The Balaban J connectivity index is 2.64. The molecule has 0 radical (unpaired) electrons. The molecule has 4 nitrogen and oxygen atoms in total. The molecule has 1 atom stereocenters. The van der Waals surface area contributed by atoms with Crippen LogP contribution in [0.3, 0.4) is 0 Å². The summed E-state index contributed by atoms with van der Waals surface area (Å²) in [6.07, 6.45) is 3.53. The van der Waals surface area contributed by atoms with Crippen molar-refractivity contribution in [3.8, 4) is 0 Å². The number of hydrogen-bond acceptors (Lipinski definition) is 4. The number of nitrogens with zero attached hydrogens (tertiary/aromatic N) is 2. The number of methoxy groups -OCH3 is 1. The molecule has 1 aromatic rings. The normalized spacial score (nSPS) is 12.2. The molecule has 0 N–H and O–H groups in total. The summed E-state index contributed by atoms with van der Waals surface area (Å²) < 4.78 is 4.59. The van der Waals surface area contributed by atoms with E-state index in [4.69, 9.17) is 11.6 Å². The van der Waals surface area contributed by atoms with E-state index in [1.165, 1.54) is 13.3 Å². The van der Waals surface area contributed by atoms with Gasteiger partial charge in [-0.15, -0.1) is 0 Å². The van der Waals surface area contributed by atoms with E-state index in [9.17, 15) is 4.79 Å². The molecule has 0 bridgehead atoms. The Kier molecular flexibility index (Phi) is 3.83. The molecule has 0 aliphatic rings. The summed E-state index contributed by atoms with van der Waals surface area (Å²) >= 11 is 5.65. The number of carbonyl (C=O) groups excluding carboxylic acids is 1. The molecule has 0 saturated carbocycles. The average Bonchev–Trinajstić information content (AvgIpc) is 2.16. The van der Waals surface area contributed by atoms with Crippen molar-refractivity contribution < 1.29 is 9.53 Å². The Bertz CT molecular complexity index is 330. The van der Waals surface area contributed by atoms with Crippen molar-refractivity contribution in [3.05, 3.63) is 23.2 Å². The minimum atomic E-state index is -0.258. The van der Waals surface area contributed by atoms with Gasteiger partial charge in [0.25, 0.3) is 0 Å². The van der Waals surface area contributed by atoms with Crippen molar-refractivity contribution in [3.63, 3.8) is 0 Å². The minimum absolute atomic E-state index is 0.229. The number of esters is 1. The first-order valence-corrected chi connectivity index (χ1v) is 4.55. The molecular formula is C9H11ClN2O2. The Hall–Kier alpha value is -1.16. The Labute approximate surface area is 87.3 Å². The summed E-state index contributed by atoms with van der Waals surface area (Å²) in [6, 6.07) is 0. The van der Waals surface area contributed by atoms with Gasteiger partial charge in [0, 0.05) is 12.6 Å². The SMILES string of the molecule is COC(=O)[C@H](C)Cc1cncc(Cl)n1. The maximum atomic E-state index is 11.1. The minimum Gasteiger partial charge on any atom is -0.469 e. The van der Waals surface area contributed by atoms with E-state index in [1.807, 2.05) is 0 Å². The van der Waals surface area contributed by atoms with Gasteiger partial charge >= 0.3 is 5.97 Å². The molecule has 0 aromatic carbocycles. The van der Waals surface area contributed by atoms with E-state index in [1.54, 1.807) is 13.1 Å². The summed E-state index contributed by atoms with van der Waals surface area (Å²) in [5.41, 5.74) is 0.690. The lowest BCUT2D eigenvalue weighted by atomic mass is 10.1. The van der Waals surface area contributed by atoms with Crippen LogP contribution in [0.1, 0.15) is 12.6 Å². The van der Waals surface area contributed by atoms with Crippen LogP contribution < -0.4 is 0 Å². The van der Waals surface area contributed by atoms with E-state index < -0.39 is 0 Å². The molecule has 76 valence electrons. The van der Waals surface area contributed by atoms with Crippen LogP contribution in [0.5, 0.6) is 0 Å². The lowest BCUT2D eigenvalue weighted by molar-refractivity contribution is -0.144. The van der Waals surface area contributed by atoms with Crippen LogP contribution in [0.15, 0.2) is 12.4 Å². The first-order valence-electron chi connectivity index (χ1n) is 4.17.